The van der Waals surface area contributed by atoms with Crippen LogP contribution in [0.1, 0.15) is 25.7 Å². The molecule has 0 spiro atoms. The molecule has 4 heteroatoms. The number of rotatable bonds is 1. The average Bonchev–Trinajstić information content (AvgIpc) is 2.81. The average molecular weight is 248 g/mol. The van der Waals surface area contributed by atoms with E-state index in [0.717, 1.165) is 10.6 Å². The highest BCUT2D eigenvalue weighted by Crippen LogP contribution is 2.43. The summed E-state index contributed by atoms with van der Waals surface area (Å²) >= 11 is 1.70. The molecule has 0 aromatic heterocycles. The molecule has 1 aromatic rings. The van der Waals surface area contributed by atoms with Crippen LogP contribution in [0.5, 0.6) is 0 Å². The van der Waals surface area contributed by atoms with Crippen molar-refractivity contribution >= 4 is 29.0 Å². The van der Waals surface area contributed by atoms with Crippen LogP contribution in [0.3, 0.4) is 0 Å². The Morgan fingerprint density at radius 2 is 2.06 bits per heavy atom. The van der Waals surface area contributed by atoms with Crippen LogP contribution in [0.25, 0.3) is 0 Å². The lowest BCUT2D eigenvalue weighted by molar-refractivity contribution is -0.116. The predicted molar refractivity (Wildman–Crippen MR) is 71.1 cm³/mol. The van der Waals surface area contributed by atoms with Crippen LogP contribution in [0.2, 0.25) is 0 Å². The molecule has 0 saturated heterocycles. The molecule has 1 fully saturated rings. The first-order valence-electron chi connectivity index (χ1n) is 6.11. The summed E-state index contributed by atoms with van der Waals surface area (Å²) in [6, 6.07) is 5.75. The van der Waals surface area contributed by atoms with Gasteiger partial charge in [0.25, 0.3) is 0 Å². The Kier molecular flexibility index (Phi) is 2.74. The number of thioether (sulfide) groups is 1. The lowest BCUT2D eigenvalue weighted by Crippen LogP contribution is -2.33. The maximum Gasteiger partial charge on any atom is 0.238 e. The van der Waals surface area contributed by atoms with Crippen molar-refractivity contribution in [1.29, 1.82) is 0 Å². The number of amides is 1. The molecule has 1 atom stereocenters. The van der Waals surface area contributed by atoms with E-state index in [1.54, 1.807) is 11.8 Å². The van der Waals surface area contributed by atoms with E-state index in [2.05, 4.69) is 5.32 Å². The molecule has 17 heavy (non-hydrogen) atoms. The van der Waals surface area contributed by atoms with Crippen LogP contribution >= 0.6 is 11.8 Å². The van der Waals surface area contributed by atoms with Gasteiger partial charge in [0.1, 0.15) is 0 Å². The molecule has 90 valence electrons. The fourth-order valence-corrected chi connectivity index (χ4v) is 4.00. The standard InChI is InChI=1S/C13H16N2OS/c14-9-5-6-11-10(7-9)15-13(16)12(17-11)8-3-1-2-4-8/h5-8,12H,1-4,14H2,(H,15,16). The molecule has 1 unspecified atom stereocenters. The van der Waals surface area contributed by atoms with Gasteiger partial charge in [-0.2, -0.15) is 0 Å². The predicted octanol–water partition coefficient (Wildman–Crippen LogP) is 2.87. The van der Waals surface area contributed by atoms with Crippen molar-refractivity contribution in [3.05, 3.63) is 18.2 Å². The second kappa shape index (κ2) is 4.26. The summed E-state index contributed by atoms with van der Waals surface area (Å²) in [5, 5.41) is 3.08. The van der Waals surface area contributed by atoms with Crippen molar-refractivity contribution < 1.29 is 4.79 Å². The van der Waals surface area contributed by atoms with Gasteiger partial charge in [-0.15, -0.1) is 11.8 Å². The molecule has 0 bridgehead atoms. The second-order valence-corrected chi connectivity index (χ2v) is 6.01. The first-order valence-corrected chi connectivity index (χ1v) is 6.99. The largest absolute Gasteiger partial charge is 0.399 e. The van der Waals surface area contributed by atoms with Crippen molar-refractivity contribution in [3.63, 3.8) is 0 Å². The van der Waals surface area contributed by atoms with Crippen LogP contribution in [0, 0.1) is 5.92 Å². The summed E-state index contributed by atoms with van der Waals surface area (Å²) < 4.78 is 0. The second-order valence-electron chi connectivity index (χ2n) is 4.83. The fraction of sp³-hybridized carbons (Fsp3) is 0.462. The smallest absolute Gasteiger partial charge is 0.238 e. The summed E-state index contributed by atoms with van der Waals surface area (Å²) in [5.74, 6) is 0.700. The van der Waals surface area contributed by atoms with Crippen LogP contribution in [-0.4, -0.2) is 11.2 Å². The van der Waals surface area contributed by atoms with Gasteiger partial charge < -0.3 is 11.1 Å². The highest BCUT2D eigenvalue weighted by molar-refractivity contribution is 8.01. The Bertz CT molecular complexity index is 455. The van der Waals surface area contributed by atoms with Crippen molar-refractivity contribution in [3.8, 4) is 0 Å². The molecule has 2 aliphatic rings. The third kappa shape index (κ3) is 2.02. The number of hydrogen-bond donors (Lipinski definition) is 2. The first-order chi connectivity index (χ1) is 8.24. The number of benzene rings is 1. The van der Waals surface area contributed by atoms with Gasteiger partial charge in [-0.1, -0.05) is 12.8 Å². The highest BCUT2D eigenvalue weighted by atomic mass is 32.2. The number of carbonyl (C=O) groups is 1. The lowest BCUT2D eigenvalue weighted by atomic mass is 10.0. The number of carbonyl (C=O) groups excluding carboxylic acids is 1. The maximum absolute atomic E-state index is 12.1. The molecule has 3 N–H and O–H groups in total. The molecule has 1 aromatic carbocycles. The molecule has 1 heterocycles. The van der Waals surface area contributed by atoms with E-state index in [1.807, 2.05) is 18.2 Å². The topological polar surface area (TPSA) is 55.1 Å². The van der Waals surface area contributed by atoms with E-state index in [4.69, 9.17) is 5.73 Å². The molecule has 3 nitrogen and oxygen atoms in total. The SMILES string of the molecule is Nc1ccc2c(c1)NC(=O)C(C1CCCC1)S2. The third-order valence-corrected chi connectivity index (χ3v) is 5.06. The number of nitrogen functional groups attached to an aromatic ring is 1. The molecule has 1 saturated carbocycles. The van der Waals surface area contributed by atoms with E-state index in [1.165, 1.54) is 25.7 Å². The summed E-state index contributed by atoms with van der Waals surface area (Å²) in [6.45, 7) is 0. The molecule has 1 amide bonds. The minimum atomic E-state index is 0.0913. The molecule has 1 aliphatic heterocycles. The quantitative estimate of drug-likeness (QED) is 0.751. The summed E-state index contributed by atoms with van der Waals surface area (Å²) in [5.41, 5.74) is 7.29. The summed E-state index contributed by atoms with van der Waals surface area (Å²) in [7, 11) is 0. The molecule has 0 radical (unpaired) electrons. The monoisotopic (exact) mass is 248 g/mol. The number of fused-ring (bicyclic) bond motifs is 1. The molecule has 3 rings (SSSR count). The van der Waals surface area contributed by atoms with Gasteiger partial charge in [0.2, 0.25) is 5.91 Å². The van der Waals surface area contributed by atoms with Crippen LogP contribution in [-0.2, 0) is 4.79 Å². The van der Waals surface area contributed by atoms with Gasteiger partial charge in [-0.05, 0) is 37.0 Å². The summed E-state index contributed by atoms with van der Waals surface area (Å²) in [4.78, 5) is 13.2. The number of nitrogens with two attached hydrogens (primary N) is 1. The van der Waals surface area contributed by atoms with Crippen LogP contribution in [0.15, 0.2) is 23.1 Å². The van der Waals surface area contributed by atoms with Gasteiger partial charge in [-0.25, -0.2) is 0 Å². The molecule has 1 aliphatic carbocycles. The molecular formula is C13H16N2OS. The van der Waals surface area contributed by atoms with Crippen LogP contribution in [0.4, 0.5) is 11.4 Å². The number of hydrogen-bond acceptors (Lipinski definition) is 3. The zero-order valence-corrected chi connectivity index (χ0v) is 10.4. The van der Waals surface area contributed by atoms with Gasteiger partial charge in [0, 0.05) is 10.6 Å². The minimum Gasteiger partial charge on any atom is -0.399 e. The minimum absolute atomic E-state index is 0.0913. The molecular weight excluding hydrogens is 232 g/mol. The van der Waals surface area contributed by atoms with Gasteiger partial charge >= 0.3 is 0 Å². The lowest BCUT2D eigenvalue weighted by Gasteiger charge is -2.28. The van der Waals surface area contributed by atoms with Gasteiger partial charge in [-0.3, -0.25) is 4.79 Å². The van der Waals surface area contributed by atoms with E-state index in [-0.39, 0.29) is 11.2 Å². The van der Waals surface area contributed by atoms with Crippen molar-refractivity contribution in [2.24, 2.45) is 5.92 Å². The van der Waals surface area contributed by atoms with E-state index >= 15 is 0 Å². The number of anilines is 2. The van der Waals surface area contributed by atoms with Crippen molar-refractivity contribution in [2.45, 2.75) is 35.8 Å². The Hall–Kier alpha value is -1.16. The van der Waals surface area contributed by atoms with Crippen molar-refractivity contribution in [2.75, 3.05) is 11.1 Å². The van der Waals surface area contributed by atoms with Crippen LogP contribution < -0.4 is 11.1 Å². The zero-order chi connectivity index (χ0) is 11.8. The Labute approximate surface area is 105 Å². The van der Waals surface area contributed by atoms with Gasteiger partial charge in [0.15, 0.2) is 0 Å². The Morgan fingerprint density at radius 1 is 1.29 bits per heavy atom. The van der Waals surface area contributed by atoms with Gasteiger partial charge in [0.05, 0.1) is 10.9 Å². The fourth-order valence-electron chi connectivity index (χ4n) is 2.71. The van der Waals surface area contributed by atoms with E-state index in [9.17, 15) is 4.79 Å². The maximum atomic E-state index is 12.1. The highest BCUT2D eigenvalue weighted by Gasteiger charge is 2.35. The normalized spacial score (nSPS) is 24.5. The third-order valence-electron chi connectivity index (χ3n) is 3.60. The van der Waals surface area contributed by atoms with E-state index < -0.39 is 0 Å². The number of nitrogens with one attached hydrogen (secondary N) is 1. The van der Waals surface area contributed by atoms with E-state index in [0.29, 0.717) is 11.6 Å². The Morgan fingerprint density at radius 3 is 2.82 bits per heavy atom. The first kappa shape index (κ1) is 11.0. The zero-order valence-electron chi connectivity index (χ0n) is 9.61. The van der Waals surface area contributed by atoms with Crippen molar-refractivity contribution in [1.82, 2.24) is 0 Å². The summed E-state index contributed by atoms with van der Waals surface area (Å²) in [6.07, 6.45) is 4.91. The Balaban J connectivity index is 1.87.